The smallest absolute Gasteiger partial charge is 0.352 e. The van der Waals surface area contributed by atoms with Crippen molar-refractivity contribution in [3.63, 3.8) is 0 Å². The number of H-pyrrole nitrogens is 1. The second kappa shape index (κ2) is 9.14. The molecule has 3 heterocycles. The Kier molecular flexibility index (Phi) is 6.71. The van der Waals surface area contributed by atoms with Gasteiger partial charge in [-0.05, 0) is 22.4 Å². The fraction of sp³-hybridized carbons (Fsp3) is 0.500. The van der Waals surface area contributed by atoms with Gasteiger partial charge in [0.1, 0.15) is 11.1 Å². The quantitative estimate of drug-likeness (QED) is 0.133. The standard InChI is InChI=1S/C16H17N7O7S2/c1-7(24)22(6-17)16(30-2)13(29)23-11(12(27)28)8(5-31-14(16)23)9(3-4-10(25)26)32-15-18-20-21-19-15/h9,14H,3-5H2,1-2H3,(H,25,26)(H,27,28)(H,18,19,20,21)/t9?,14-,16-/m0/s1. The molecule has 3 N–H and O–H groups in total. The summed E-state index contributed by atoms with van der Waals surface area (Å²) in [5.41, 5.74) is -2.01. The minimum absolute atomic E-state index is 0.0489. The lowest BCUT2D eigenvalue weighted by Crippen LogP contribution is -2.80. The number of nitriles is 1. The number of rotatable bonds is 9. The van der Waals surface area contributed by atoms with E-state index >= 15 is 0 Å². The summed E-state index contributed by atoms with van der Waals surface area (Å²) in [7, 11) is 1.16. The van der Waals surface area contributed by atoms with Crippen LogP contribution in [0.5, 0.6) is 0 Å². The Balaban J connectivity index is 2.03. The van der Waals surface area contributed by atoms with Crippen molar-refractivity contribution in [2.75, 3.05) is 12.9 Å². The first kappa shape index (κ1) is 23.5. The molecule has 0 aliphatic carbocycles. The largest absolute Gasteiger partial charge is 0.481 e. The molecule has 1 saturated heterocycles. The Morgan fingerprint density at radius 2 is 2.22 bits per heavy atom. The highest BCUT2D eigenvalue weighted by Gasteiger charge is 2.70. The monoisotopic (exact) mass is 483 g/mol. The van der Waals surface area contributed by atoms with Gasteiger partial charge in [-0.25, -0.2) is 14.8 Å². The Labute approximate surface area is 188 Å². The van der Waals surface area contributed by atoms with Gasteiger partial charge in [-0.1, -0.05) is 11.8 Å². The van der Waals surface area contributed by atoms with Gasteiger partial charge < -0.3 is 14.9 Å². The molecule has 0 aromatic carbocycles. The van der Waals surface area contributed by atoms with Gasteiger partial charge in [-0.3, -0.25) is 19.3 Å². The number of thioether (sulfide) groups is 2. The second-order valence-corrected chi connectivity index (χ2v) is 8.88. The Morgan fingerprint density at radius 1 is 1.50 bits per heavy atom. The number of amides is 2. The summed E-state index contributed by atoms with van der Waals surface area (Å²) in [6, 6.07) is 0. The molecule has 3 atom stereocenters. The number of aromatic amines is 1. The van der Waals surface area contributed by atoms with Gasteiger partial charge in [0.25, 0.3) is 11.6 Å². The summed E-state index contributed by atoms with van der Waals surface area (Å²) in [5.74, 6) is -4.02. The maximum Gasteiger partial charge on any atom is 0.352 e. The molecule has 16 heteroatoms. The summed E-state index contributed by atoms with van der Waals surface area (Å²) in [5, 5.41) is 40.2. The number of hydrogen-bond acceptors (Lipinski definition) is 11. The van der Waals surface area contributed by atoms with Crippen LogP contribution in [0.4, 0.5) is 0 Å². The number of fused-ring (bicyclic) bond motifs is 1. The zero-order valence-corrected chi connectivity index (χ0v) is 18.3. The topological polar surface area (TPSA) is 203 Å². The van der Waals surface area contributed by atoms with E-state index in [4.69, 9.17) is 9.84 Å². The van der Waals surface area contributed by atoms with Crippen molar-refractivity contribution >= 4 is 47.3 Å². The lowest BCUT2D eigenvalue weighted by molar-refractivity contribution is -0.213. The van der Waals surface area contributed by atoms with E-state index < -0.39 is 40.1 Å². The van der Waals surface area contributed by atoms with E-state index in [9.17, 15) is 29.5 Å². The molecule has 0 bridgehead atoms. The third-order valence-corrected chi connectivity index (χ3v) is 7.41. The van der Waals surface area contributed by atoms with Crippen molar-refractivity contribution in [1.29, 1.82) is 5.26 Å². The Bertz CT molecular complexity index is 1020. The summed E-state index contributed by atoms with van der Waals surface area (Å²) >= 11 is 2.14. The first-order valence-electron chi connectivity index (χ1n) is 8.98. The highest BCUT2D eigenvalue weighted by Crippen LogP contribution is 2.51. The maximum absolute atomic E-state index is 13.1. The van der Waals surface area contributed by atoms with Gasteiger partial charge in [0.2, 0.25) is 11.1 Å². The van der Waals surface area contributed by atoms with Crippen LogP contribution in [0.15, 0.2) is 16.4 Å². The number of tetrazole rings is 1. The van der Waals surface area contributed by atoms with Crippen LogP contribution >= 0.6 is 23.5 Å². The highest BCUT2D eigenvalue weighted by atomic mass is 32.2. The number of ether oxygens (including phenoxy) is 1. The third-order valence-electron chi connectivity index (χ3n) is 4.89. The van der Waals surface area contributed by atoms with Crippen molar-refractivity contribution < 1.29 is 34.1 Å². The van der Waals surface area contributed by atoms with E-state index in [1.165, 1.54) is 0 Å². The minimum atomic E-state index is -1.96. The zero-order chi connectivity index (χ0) is 23.6. The second-order valence-electron chi connectivity index (χ2n) is 6.62. The summed E-state index contributed by atoms with van der Waals surface area (Å²) in [4.78, 5) is 50.0. The predicted octanol–water partition coefficient (Wildman–Crippen LogP) is -0.549. The molecule has 1 aromatic heterocycles. The van der Waals surface area contributed by atoms with Gasteiger partial charge in [0, 0.05) is 31.5 Å². The van der Waals surface area contributed by atoms with Gasteiger partial charge in [-0.15, -0.1) is 16.9 Å². The number of nitrogens with one attached hydrogen (secondary N) is 1. The average molecular weight is 483 g/mol. The first-order chi connectivity index (χ1) is 15.2. The molecule has 0 spiro atoms. The van der Waals surface area contributed by atoms with Gasteiger partial charge in [0.05, 0.1) is 0 Å². The lowest BCUT2D eigenvalue weighted by Gasteiger charge is -2.57. The summed E-state index contributed by atoms with van der Waals surface area (Å²) in [6.45, 7) is 1.09. The fourth-order valence-corrected chi connectivity index (χ4v) is 6.21. The van der Waals surface area contributed by atoms with Crippen molar-refractivity contribution in [2.24, 2.45) is 0 Å². The van der Waals surface area contributed by atoms with E-state index in [1.54, 1.807) is 6.19 Å². The van der Waals surface area contributed by atoms with Crippen LogP contribution in [-0.4, -0.2) is 93.6 Å². The number of nitrogens with zero attached hydrogens (tertiary/aromatic N) is 6. The SMILES string of the molecule is CO[C@@]1(N(C#N)C(C)=O)C(=O)N2C(C(=O)O)=C(C(CCC(=O)O)Sc3nnn[nH]3)CS[C@H]21. The average Bonchev–Trinajstić information content (AvgIpc) is 3.26. The molecule has 1 unspecified atom stereocenters. The number of carboxylic acid groups (broad SMARTS) is 2. The molecule has 3 rings (SSSR count). The fourth-order valence-electron chi connectivity index (χ4n) is 3.54. The molecule has 0 radical (unpaired) electrons. The van der Waals surface area contributed by atoms with E-state index in [0.717, 1.165) is 42.5 Å². The summed E-state index contributed by atoms with van der Waals surface area (Å²) in [6.07, 6.45) is 1.43. The number of carbonyl (C=O) groups is 4. The van der Waals surface area contributed by atoms with Gasteiger partial charge >= 0.3 is 11.9 Å². The minimum Gasteiger partial charge on any atom is -0.481 e. The molecule has 2 aliphatic heterocycles. The van der Waals surface area contributed by atoms with E-state index in [2.05, 4.69) is 20.6 Å². The maximum atomic E-state index is 13.1. The van der Waals surface area contributed by atoms with Crippen molar-refractivity contribution in [3.8, 4) is 6.19 Å². The molecule has 0 saturated carbocycles. The van der Waals surface area contributed by atoms with Crippen LogP contribution in [-0.2, 0) is 23.9 Å². The first-order valence-corrected chi connectivity index (χ1v) is 10.9. The molecular weight excluding hydrogens is 466 g/mol. The number of carbonyl (C=O) groups excluding carboxylic acids is 2. The van der Waals surface area contributed by atoms with Crippen LogP contribution in [0, 0.1) is 11.5 Å². The number of methoxy groups -OCH3 is 1. The van der Waals surface area contributed by atoms with Crippen LogP contribution in [0.1, 0.15) is 19.8 Å². The van der Waals surface area contributed by atoms with E-state index in [0.29, 0.717) is 10.5 Å². The number of β-lactam (4-membered cyclic amide) rings is 1. The zero-order valence-electron chi connectivity index (χ0n) is 16.7. The third kappa shape index (κ3) is 3.78. The highest BCUT2D eigenvalue weighted by molar-refractivity contribution is 8.01. The molecule has 32 heavy (non-hydrogen) atoms. The van der Waals surface area contributed by atoms with Crippen molar-refractivity contribution in [1.82, 2.24) is 30.4 Å². The van der Waals surface area contributed by atoms with Gasteiger partial charge in [0.15, 0.2) is 6.19 Å². The van der Waals surface area contributed by atoms with Crippen LogP contribution in [0.3, 0.4) is 0 Å². The van der Waals surface area contributed by atoms with E-state index in [-0.39, 0.29) is 29.4 Å². The number of carboxylic acids is 2. The lowest BCUT2D eigenvalue weighted by atomic mass is 9.95. The van der Waals surface area contributed by atoms with Crippen LogP contribution in [0.25, 0.3) is 0 Å². The summed E-state index contributed by atoms with van der Waals surface area (Å²) < 4.78 is 5.30. The van der Waals surface area contributed by atoms with Gasteiger partial charge in [-0.2, -0.15) is 5.26 Å². The molecule has 1 fully saturated rings. The molecule has 1 aromatic rings. The molecule has 170 valence electrons. The number of aromatic nitrogens is 4. The van der Waals surface area contributed by atoms with Crippen LogP contribution in [0.2, 0.25) is 0 Å². The molecule has 2 amide bonds. The van der Waals surface area contributed by atoms with Crippen molar-refractivity contribution in [2.45, 2.75) is 41.3 Å². The number of aliphatic carboxylic acids is 2. The number of hydrogen-bond donors (Lipinski definition) is 3. The Morgan fingerprint density at radius 3 is 2.72 bits per heavy atom. The normalized spacial score (nSPS) is 23.1. The predicted molar refractivity (Wildman–Crippen MR) is 106 cm³/mol. The van der Waals surface area contributed by atoms with E-state index in [1.807, 2.05) is 0 Å². The molecular formula is C16H17N7O7S2. The Hall–Kier alpha value is -3.16. The molecule has 14 nitrogen and oxygen atoms in total. The molecule has 2 aliphatic rings. The van der Waals surface area contributed by atoms with Crippen LogP contribution < -0.4 is 0 Å². The van der Waals surface area contributed by atoms with Crippen molar-refractivity contribution in [3.05, 3.63) is 11.3 Å².